The van der Waals surface area contributed by atoms with Gasteiger partial charge in [0.05, 0.1) is 0 Å². The molecule has 1 aromatic carbocycles. The van der Waals surface area contributed by atoms with Crippen LogP contribution in [-0.4, -0.2) is 23.7 Å². The van der Waals surface area contributed by atoms with E-state index in [0.29, 0.717) is 0 Å². The summed E-state index contributed by atoms with van der Waals surface area (Å²) in [6.07, 6.45) is 0.815. The largest absolute Gasteiger partial charge is 0.387 e. The second-order valence-electron chi connectivity index (χ2n) is 3.73. The van der Waals surface area contributed by atoms with Crippen molar-refractivity contribution in [1.29, 1.82) is 0 Å². The van der Waals surface area contributed by atoms with Gasteiger partial charge in [-0.2, -0.15) is 0 Å². The van der Waals surface area contributed by atoms with Crippen LogP contribution >= 0.6 is 0 Å². The number of carbonyl (C=O) groups excluding carboxylic acids is 1. The van der Waals surface area contributed by atoms with Crippen molar-refractivity contribution in [3.05, 3.63) is 35.6 Å². The average molecular weight is 209 g/mol. The average Bonchev–Trinajstić information content (AvgIpc) is 2.97. The molecule has 1 aromatic rings. The minimum absolute atomic E-state index is 0.0476. The molecule has 1 aliphatic rings. The highest BCUT2D eigenvalue weighted by Crippen LogP contribution is 2.40. The Morgan fingerprint density at radius 3 is 3.07 bits per heavy atom. The first-order chi connectivity index (χ1) is 7.20. The van der Waals surface area contributed by atoms with Gasteiger partial charge in [-0.05, 0) is 24.1 Å². The number of halogens is 1. The minimum atomic E-state index is -0.494. The number of hydrogen-bond donors (Lipinski definition) is 2. The Morgan fingerprint density at radius 1 is 1.60 bits per heavy atom. The maximum Gasteiger partial charge on any atom is 0.245 e. The maximum atomic E-state index is 12.9. The minimum Gasteiger partial charge on any atom is -0.387 e. The molecule has 0 unspecified atom stereocenters. The zero-order valence-corrected chi connectivity index (χ0v) is 8.11. The van der Waals surface area contributed by atoms with E-state index in [-0.39, 0.29) is 23.7 Å². The van der Waals surface area contributed by atoms with E-state index in [1.54, 1.807) is 6.07 Å². The summed E-state index contributed by atoms with van der Waals surface area (Å²) >= 11 is 0. The molecular formula is C11H12FNO2. The van der Waals surface area contributed by atoms with E-state index >= 15 is 0 Å². The monoisotopic (exact) mass is 209 g/mol. The summed E-state index contributed by atoms with van der Waals surface area (Å²) < 4.78 is 12.9. The van der Waals surface area contributed by atoms with Crippen LogP contribution in [0.15, 0.2) is 24.3 Å². The van der Waals surface area contributed by atoms with Crippen LogP contribution in [0.5, 0.6) is 0 Å². The molecule has 2 atom stereocenters. The molecule has 0 heterocycles. The van der Waals surface area contributed by atoms with E-state index in [4.69, 9.17) is 5.11 Å². The number of benzene rings is 1. The summed E-state index contributed by atoms with van der Waals surface area (Å²) in [4.78, 5) is 10.9. The van der Waals surface area contributed by atoms with E-state index in [0.717, 1.165) is 12.0 Å². The molecule has 2 N–H and O–H groups in total. The Bertz CT molecular complexity index is 381. The Morgan fingerprint density at radius 2 is 2.40 bits per heavy atom. The maximum absolute atomic E-state index is 12.9. The molecule has 1 aliphatic carbocycles. The van der Waals surface area contributed by atoms with Gasteiger partial charge in [-0.15, -0.1) is 0 Å². The van der Waals surface area contributed by atoms with Gasteiger partial charge in [0.15, 0.2) is 0 Å². The van der Waals surface area contributed by atoms with Crippen LogP contribution in [0.3, 0.4) is 0 Å². The topological polar surface area (TPSA) is 49.3 Å². The Labute approximate surface area is 86.9 Å². The summed E-state index contributed by atoms with van der Waals surface area (Å²) in [5, 5.41) is 11.2. The highest BCUT2D eigenvalue weighted by atomic mass is 19.1. The van der Waals surface area contributed by atoms with Crippen molar-refractivity contribution in [2.24, 2.45) is 0 Å². The van der Waals surface area contributed by atoms with Crippen molar-refractivity contribution in [2.45, 2.75) is 18.4 Å². The van der Waals surface area contributed by atoms with Crippen LogP contribution in [0.1, 0.15) is 17.9 Å². The van der Waals surface area contributed by atoms with Crippen LogP contribution in [0.2, 0.25) is 0 Å². The molecule has 1 saturated carbocycles. The highest BCUT2D eigenvalue weighted by Gasteiger charge is 2.39. The van der Waals surface area contributed by atoms with Crippen LogP contribution in [0.4, 0.5) is 4.39 Å². The number of aliphatic hydroxyl groups excluding tert-OH is 1. The zero-order valence-electron chi connectivity index (χ0n) is 8.11. The molecule has 4 heteroatoms. The fraction of sp³-hybridized carbons (Fsp3) is 0.364. The zero-order chi connectivity index (χ0) is 10.8. The van der Waals surface area contributed by atoms with Crippen molar-refractivity contribution >= 4 is 5.91 Å². The third kappa shape index (κ3) is 2.33. The van der Waals surface area contributed by atoms with Crippen LogP contribution in [-0.2, 0) is 4.79 Å². The summed E-state index contributed by atoms with van der Waals surface area (Å²) in [6, 6.07) is 6.43. The predicted octanol–water partition coefficient (Wildman–Crippen LogP) is 0.790. The number of carbonyl (C=O) groups is 1. The lowest BCUT2D eigenvalue weighted by Gasteiger charge is -2.02. The lowest BCUT2D eigenvalue weighted by atomic mass is 10.1. The molecule has 0 aromatic heterocycles. The van der Waals surface area contributed by atoms with E-state index < -0.39 is 6.61 Å². The lowest BCUT2D eigenvalue weighted by Crippen LogP contribution is -2.29. The number of amides is 1. The van der Waals surface area contributed by atoms with Crippen molar-refractivity contribution in [3.8, 4) is 0 Å². The van der Waals surface area contributed by atoms with E-state index in [1.807, 2.05) is 6.07 Å². The quantitative estimate of drug-likeness (QED) is 0.773. The van der Waals surface area contributed by atoms with Crippen LogP contribution in [0.25, 0.3) is 0 Å². The number of nitrogens with one attached hydrogen (secondary N) is 1. The molecule has 1 fully saturated rings. The summed E-state index contributed by atoms with van der Waals surface area (Å²) in [5.41, 5.74) is 0.901. The van der Waals surface area contributed by atoms with Gasteiger partial charge >= 0.3 is 0 Å². The predicted molar refractivity (Wildman–Crippen MR) is 52.8 cm³/mol. The smallest absolute Gasteiger partial charge is 0.245 e. The molecule has 2 rings (SSSR count). The van der Waals surface area contributed by atoms with E-state index in [9.17, 15) is 9.18 Å². The standard InChI is InChI=1S/C11H12FNO2/c12-8-3-1-2-7(4-8)9-5-10(9)13-11(15)6-14/h1-4,9-10,14H,5-6H2,(H,13,15)/t9-,10-/m1/s1. The Kier molecular flexibility index (Phi) is 2.68. The van der Waals surface area contributed by atoms with Gasteiger partial charge in [0, 0.05) is 12.0 Å². The highest BCUT2D eigenvalue weighted by molar-refractivity contribution is 5.77. The van der Waals surface area contributed by atoms with Gasteiger partial charge in [0.2, 0.25) is 5.91 Å². The molecule has 0 aliphatic heterocycles. The summed E-state index contributed by atoms with van der Waals surface area (Å²) in [7, 11) is 0. The second-order valence-corrected chi connectivity index (χ2v) is 3.73. The van der Waals surface area contributed by atoms with Crippen molar-refractivity contribution in [2.75, 3.05) is 6.61 Å². The Balaban J connectivity index is 1.96. The van der Waals surface area contributed by atoms with Gasteiger partial charge in [0.1, 0.15) is 12.4 Å². The molecule has 15 heavy (non-hydrogen) atoms. The SMILES string of the molecule is O=C(CO)N[C@@H]1C[C@@H]1c1cccc(F)c1. The molecule has 3 nitrogen and oxygen atoms in total. The van der Waals surface area contributed by atoms with Gasteiger partial charge < -0.3 is 10.4 Å². The van der Waals surface area contributed by atoms with Crippen LogP contribution in [0, 0.1) is 5.82 Å². The summed E-state index contributed by atoms with van der Waals surface area (Å²) in [6.45, 7) is -0.494. The van der Waals surface area contributed by atoms with Gasteiger partial charge in [-0.25, -0.2) is 4.39 Å². The summed E-state index contributed by atoms with van der Waals surface area (Å²) in [5.74, 6) is -0.443. The van der Waals surface area contributed by atoms with E-state index in [2.05, 4.69) is 5.32 Å². The third-order valence-electron chi connectivity index (χ3n) is 2.56. The fourth-order valence-corrected chi connectivity index (χ4v) is 1.71. The molecule has 0 spiro atoms. The lowest BCUT2D eigenvalue weighted by molar-refractivity contribution is -0.123. The molecule has 1 amide bonds. The third-order valence-corrected chi connectivity index (χ3v) is 2.56. The molecule has 0 radical (unpaired) electrons. The second kappa shape index (κ2) is 3.98. The van der Waals surface area contributed by atoms with Crippen molar-refractivity contribution in [3.63, 3.8) is 0 Å². The molecule has 0 saturated heterocycles. The van der Waals surface area contributed by atoms with Crippen LogP contribution < -0.4 is 5.32 Å². The van der Waals surface area contributed by atoms with Crippen molar-refractivity contribution < 1.29 is 14.3 Å². The normalized spacial score (nSPS) is 23.6. The molecule has 80 valence electrons. The number of hydrogen-bond acceptors (Lipinski definition) is 2. The fourth-order valence-electron chi connectivity index (χ4n) is 1.71. The number of aliphatic hydroxyl groups is 1. The van der Waals surface area contributed by atoms with E-state index in [1.165, 1.54) is 12.1 Å². The number of rotatable bonds is 3. The first-order valence-electron chi connectivity index (χ1n) is 4.86. The van der Waals surface area contributed by atoms with Gasteiger partial charge in [-0.1, -0.05) is 12.1 Å². The van der Waals surface area contributed by atoms with Gasteiger partial charge in [0.25, 0.3) is 0 Å². The van der Waals surface area contributed by atoms with Gasteiger partial charge in [-0.3, -0.25) is 4.79 Å². The molecule has 0 bridgehead atoms. The molecular weight excluding hydrogens is 197 g/mol. The van der Waals surface area contributed by atoms with Crippen molar-refractivity contribution in [1.82, 2.24) is 5.32 Å². The first-order valence-corrected chi connectivity index (χ1v) is 4.86. The first kappa shape index (κ1) is 10.1. The Hall–Kier alpha value is -1.42.